The van der Waals surface area contributed by atoms with Gasteiger partial charge < -0.3 is 10.1 Å². The Labute approximate surface area is 142 Å². The summed E-state index contributed by atoms with van der Waals surface area (Å²) in [5.41, 5.74) is 1.50. The molecule has 0 atom stereocenters. The van der Waals surface area contributed by atoms with E-state index in [9.17, 15) is 8.78 Å². The van der Waals surface area contributed by atoms with Gasteiger partial charge in [0.05, 0.1) is 18.5 Å². The minimum atomic E-state index is -0.630. The molecule has 1 N–H and O–H groups in total. The van der Waals surface area contributed by atoms with Gasteiger partial charge in [0, 0.05) is 17.0 Å². The van der Waals surface area contributed by atoms with Gasteiger partial charge in [-0.1, -0.05) is 12.1 Å². The number of methoxy groups -OCH3 is 1. The van der Waals surface area contributed by atoms with Gasteiger partial charge >= 0.3 is 0 Å². The second-order valence-corrected chi connectivity index (χ2v) is 5.35. The van der Waals surface area contributed by atoms with Gasteiger partial charge in [-0.2, -0.15) is 0 Å². The molecule has 0 aliphatic rings. The van der Waals surface area contributed by atoms with Gasteiger partial charge in [0.25, 0.3) is 0 Å². The highest BCUT2D eigenvalue weighted by Gasteiger charge is 2.11. The van der Waals surface area contributed by atoms with Crippen LogP contribution in [0.4, 0.5) is 19.6 Å². The first-order chi connectivity index (χ1) is 10.7. The number of hydrogen-bond donors (Lipinski definition) is 1. The van der Waals surface area contributed by atoms with E-state index in [1.54, 1.807) is 12.5 Å². The number of ether oxygens (including phenoxy) is 1. The first kappa shape index (κ1) is 17.2. The van der Waals surface area contributed by atoms with Gasteiger partial charge in [-0.15, -0.1) is 23.7 Å². The topological polar surface area (TPSA) is 34.1 Å². The molecule has 3 aromatic rings. The van der Waals surface area contributed by atoms with Crippen LogP contribution in [-0.4, -0.2) is 12.1 Å². The molecule has 3 nitrogen and oxygen atoms in total. The number of benzene rings is 2. The Hall–Kier alpha value is -2.18. The highest BCUT2D eigenvalue weighted by atomic mass is 35.5. The summed E-state index contributed by atoms with van der Waals surface area (Å²) < 4.78 is 32.0. The van der Waals surface area contributed by atoms with Gasteiger partial charge in [-0.25, -0.2) is 13.8 Å². The van der Waals surface area contributed by atoms with Crippen molar-refractivity contribution < 1.29 is 13.5 Å². The highest BCUT2D eigenvalue weighted by Crippen LogP contribution is 2.32. The van der Waals surface area contributed by atoms with E-state index in [0.717, 1.165) is 11.8 Å². The fourth-order valence-corrected chi connectivity index (χ4v) is 2.74. The van der Waals surface area contributed by atoms with E-state index < -0.39 is 11.6 Å². The summed E-state index contributed by atoms with van der Waals surface area (Å²) in [6.45, 7) is 0. The molecule has 0 saturated carbocycles. The average molecular weight is 355 g/mol. The molecule has 0 unspecified atom stereocenters. The maximum absolute atomic E-state index is 13.8. The number of para-hydroxylation sites is 2. The van der Waals surface area contributed by atoms with Gasteiger partial charge in [-0.3, -0.25) is 0 Å². The van der Waals surface area contributed by atoms with Crippen molar-refractivity contribution in [2.24, 2.45) is 0 Å². The molecule has 7 heteroatoms. The largest absolute Gasteiger partial charge is 0.495 e. The minimum absolute atomic E-state index is 0. The van der Waals surface area contributed by atoms with Crippen molar-refractivity contribution in [3.8, 4) is 17.0 Å². The lowest BCUT2D eigenvalue weighted by Gasteiger charge is -2.08. The molecule has 0 bridgehead atoms. The summed E-state index contributed by atoms with van der Waals surface area (Å²) >= 11 is 1.33. The van der Waals surface area contributed by atoms with E-state index in [1.165, 1.54) is 23.5 Å². The zero-order valence-electron chi connectivity index (χ0n) is 12.0. The van der Waals surface area contributed by atoms with Crippen LogP contribution in [0.1, 0.15) is 0 Å². The van der Waals surface area contributed by atoms with Crippen LogP contribution in [0.2, 0.25) is 0 Å². The third kappa shape index (κ3) is 3.78. The smallest absolute Gasteiger partial charge is 0.187 e. The zero-order chi connectivity index (χ0) is 15.5. The Morgan fingerprint density at radius 2 is 1.91 bits per heavy atom. The third-order valence-electron chi connectivity index (χ3n) is 3.06. The molecule has 0 fully saturated rings. The van der Waals surface area contributed by atoms with Crippen LogP contribution in [0, 0.1) is 11.6 Å². The lowest BCUT2D eigenvalue weighted by Crippen LogP contribution is -1.94. The second kappa shape index (κ2) is 7.39. The lowest BCUT2D eigenvalue weighted by molar-refractivity contribution is 0.417. The number of nitrogens with one attached hydrogen (secondary N) is 1. The summed E-state index contributed by atoms with van der Waals surface area (Å²) in [4.78, 5) is 4.33. The molecule has 0 aliphatic carbocycles. The summed E-state index contributed by atoms with van der Waals surface area (Å²) in [5, 5.41) is 5.45. The van der Waals surface area contributed by atoms with E-state index in [0.29, 0.717) is 16.6 Å². The molecule has 1 aromatic heterocycles. The normalized spacial score (nSPS) is 10.0. The Morgan fingerprint density at radius 1 is 1.13 bits per heavy atom. The summed E-state index contributed by atoms with van der Waals surface area (Å²) in [6, 6.07) is 10.9. The summed E-state index contributed by atoms with van der Waals surface area (Å²) in [5.74, 6) is -0.551. The van der Waals surface area contributed by atoms with Gasteiger partial charge in [0.1, 0.15) is 17.4 Å². The van der Waals surface area contributed by atoms with Crippen molar-refractivity contribution in [3.05, 3.63) is 59.5 Å². The molecular formula is C16H13ClF2N2OS. The van der Waals surface area contributed by atoms with Crippen LogP contribution in [0.15, 0.2) is 47.8 Å². The number of nitrogens with zero attached hydrogens (tertiary/aromatic N) is 1. The molecule has 0 radical (unpaired) electrons. The standard InChI is InChI=1S/C16H12F2N2OS.ClH/c1-21-15-5-3-2-4-13(15)19-16-20-14(9-22-16)11-7-6-10(17)8-12(11)18;/h2-9H,1H3,(H,19,20);1H. The van der Waals surface area contributed by atoms with Crippen molar-refractivity contribution in [1.29, 1.82) is 0 Å². The van der Waals surface area contributed by atoms with Crippen LogP contribution in [0.25, 0.3) is 11.3 Å². The van der Waals surface area contributed by atoms with Crippen LogP contribution in [0.5, 0.6) is 5.75 Å². The predicted octanol–water partition coefficient (Wildman–Crippen LogP) is 5.26. The fraction of sp³-hybridized carbons (Fsp3) is 0.0625. The molecule has 0 spiro atoms. The number of aromatic nitrogens is 1. The molecule has 3 rings (SSSR count). The van der Waals surface area contributed by atoms with Crippen molar-refractivity contribution in [2.45, 2.75) is 0 Å². The van der Waals surface area contributed by atoms with Gasteiger partial charge in [0.15, 0.2) is 5.13 Å². The molecule has 2 aromatic carbocycles. The van der Waals surface area contributed by atoms with Crippen molar-refractivity contribution in [1.82, 2.24) is 4.98 Å². The number of halogens is 3. The lowest BCUT2D eigenvalue weighted by atomic mass is 10.1. The van der Waals surface area contributed by atoms with Crippen molar-refractivity contribution >= 4 is 34.6 Å². The van der Waals surface area contributed by atoms with E-state index >= 15 is 0 Å². The Balaban J connectivity index is 0.00000192. The summed E-state index contributed by atoms with van der Waals surface area (Å²) in [7, 11) is 1.59. The average Bonchev–Trinajstić information content (AvgIpc) is 2.96. The van der Waals surface area contributed by atoms with E-state index in [2.05, 4.69) is 10.3 Å². The quantitative estimate of drug-likeness (QED) is 0.693. The molecular weight excluding hydrogens is 342 g/mol. The van der Waals surface area contributed by atoms with Crippen LogP contribution in [0.3, 0.4) is 0 Å². The van der Waals surface area contributed by atoms with E-state index in [1.807, 2.05) is 24.3 Å². The van der Waals surface area contributed by atoms with Crippen molar-refractivity contribution in [2.75, 3.05) is 12.4 Å². The van der Waals surface area contributed by atoms with Gasteiger partial charge in [-0.05, 0) is 24.3 Å². The molecule has 120 valence electrons. The summed E-state index contributed by atoms with van der Waals surface area (Å²) in [6.07, 6.45) is 0. The second-order valence-electron chi connectivity index (χ2n) is 4.49. The molecule has 0 saturated heterocycles. The van der Waals surface area contributed by atoms with Crippen LogP contribution < -0.4 is 10.1 Å². The van der Waals surface area contributed by atoms with Crippen LogP contribution in [-0.2, 0) is 0 Å². The molecule has 23 heavy (non-hydrogen) atoms. The number of rotatable bonds is 4. The molecule has 0 amide bonds. The minimum Gasteiger partial charge on any atom is -0.495 e. The molecule has 0 aliphatic heterocycles. The third-order valence-corrected chi connectivity index (χ3v) is 3.82. The van der Waals surface area contributed by atoms with E-state index in [4.69, 9.17) is 4.74 Å². The maximum atomic E-state index is 13.8. The van der Waals surface area contributed by atoms with E-state index in [-0.39, 0.29) is 18.0 Å². The van der Waals surface area contributed by atoms with Crippen LogP contribution >= 0.6 is 23.7 Å². The molecule has 1 heterocycles. The predicted molar refractivity (Wildman–Crippen MR) is 91.0 cm³/mol. The Morgan fingerprint density at radius 3 is 2.65 bits per heavy atom. The van der Waals surface area contributed by atoms with Gasteiger partial charge in [0.2, 0.25) is 0 Å². The SMILES string of the molecule is COc1ccccc1Nc1nc(-c2ccc(F)cc2F)cs1.Cl. The highest BCUT2D eigenvalue weighted by molar-refractivity contribution is 7.14. The Bertz CT molecular complexity index is 810. The number of thiazole rings is 1. The Kier molecular flexibility index (Phi) is 5.52. The number of hydrogen-bond acceptors (Lipinski definition) is 4. The number of anilines is 2. The first-order valence-electron chi connectivity index (χ1n) is 6.48. The monoisotopic (exact) mass is 354 g/mol. The fourth-order valence-electron chi connectivity index (χ4n) is 2.02. The van der Waals surface area contributed by atoms with Crippen molar-refractivity contribution in [3.63, 3.8) is 0 Å². The first-order valence-corrected chi connectivity index (χ1v) is 7.36. The maximum Gasteiger partial charge on any atom is 0.187 e. The zero-order valence-corrected chi connectivity index (χ0v) is 13.7.